The number of aromatic nitrogens is 3. The fraction of sp³-hybridized carbons (Fsp3) is 0.200. The number of benzene rings is 1. The van der Waals surface area contributed by atoms with Gasteiger partial charge < -0.3 is 10.3 Å². The molecule has 0 amide bonds. The van der Waals surface area contributed by atoms with Crippen LogP contribution < -0.4 is 5.73 Å². The molecule has 0 unspecified atom stereocenters. The van der Waals surface area contributed by atoms with Crippen LogP contribution in [-0.2, 0) is 13.0 Å². The summed E-state index contributed by atoms with van der Waals surface area (Å²) in [7, 11) is 0. The van der Waals surface area contributed by atoms with E-state index in [0.717, 1.165) is 25.1 Å². The highest BCUT2D eigenvalue weighted by Crippen LogP contribution is 2.15. The van der Waals surface area contributed by atoms with E-state index in [4.69, 9.17) is 5.73 Å². The van der Waals surface area contributed by atoms with E-state index in [1.165, 1.54) is 10.9 Å². The van der Waals surface area contributed by atoms with Gasteiger partial charge in [0.15, 0.2) is 0 Å². The first kappa shape index (κ1) is 11.7. The van der Waals surface area contributed by atoms with E-state index < -0.39 is 0 Å². The van der Waals surface area contributed by atoms with E-state index >= 15 is 0 Å². The first-order valence-electron chi connectivity index (χ1n) is 6.44. The smallest absolute Gasteiger partial charge is 0.220 e. The summed E-state index contributed by atoms with van der Waals surface area (Å²) < 4.78 is 2.28. The average molecular weight is 252 g/mol. The Bertz CT molecular complexity index is 687. The van der Waals surface area contributed by atoms with E-state index in [9.17, 15) is 0 Å². The van der Waals surface area contributed by atoms with Crippen molar-refractivity contribution in [2.75, 3.05) is 5.73 Å². The molecule has 2 N–H and O–H groups in total. The van der Waals surface area contributed by atoms with Crippen molar-refractivity contribution in [2.45, 2.75) is 19.4 Å². The summed E-state index contributed by atoms with van der Waals surface area (Å²) in [6, 6.07) is 12.5. The third-order valence-electron chi connectivity index (χ3n) is 3.24. The monoisotopic (exact) mass is 252 g/mol. The zero-order valence-electron chi connectivity index (χ0n) is 10.7. The molecule has 19 heavy (non-hydrogen) atoms. The first-order chi connectivity index (χ1) is 9.33. The fourth-order valence-electron chi connectivity index (χ4n) is 2.32. The van der Waals surface area contributed by atoms with Gasteiger partial charge >= 0.3 is 0 Å². The topological polar surface area (TPSA) is 56.7 Å². The second-order valence-electron chi connectivity index (χ2n) is 4.58. The standard InChI is InChI=1S/C15H16N4/c16-15-17-9-7-13(18-15)5-3-10-19-11-8-12-4-1-2-6-14(12)19/h1-2,4,6-9,11H,3,5,10H2,(H2,16,17,18). The van der Waals surface area contributed by atoms with Crippen LogP contribution in [0.5, 0.6) is 0 Å². The Kier molecular flexibility index (Phi) is 3.14. The van der Waals surface area contributed by atoms with Gasteiger partial charge in [-0.15, -0.1) is 0 Å². The minimum atomic E-state index is 0.351. The van der Waals surface area contributed by atoms with Crippen molar-refractivity contribution in [3.8, 4) is 0 Å². The summed E-state index contributed by atoms with van der Waals surface area (Å²) in [5.74, 6) is 0.351. The lowest BCUT2D eigenvalue weighted by molar-refractivity contribution is 0.655. The summed E-state index contributed by atoms with van der Waals surface area (Å²) in [5.41, 5.74) is 7.86. The van der Waals surface area contributed by atoms with Gasteiger partial charge in [0.2, 0.25) is 5.95 Å². The van der Waals surface area contributed by atoms with Gasteiger partial charge in [-0.25, -0.2) is 9.97 Å². The Morgan fingerprint density at radius 2 is 2.00 bits per heavy atom. The zero-order chi connectivity index (χ0) is 13.1. The van der Waals surface area contributed by atoms with E-state index in [0.29, 0.717) is 5.95 Å². The molecular weight excluding hydrogens is 236 g/mol. The second kappa shape index (κ2) is 5.10. The average Bonchev–Trinajstić information content (AvgIpc) is 2.83. The summed E-state index contributed by atoms with van der Waals surface area (Å²) in [5, 5.41) is 1.29. The lowest BCUT2D eigenvalue weighted by atomic mass is 10.2. The number of hydrogen-bond acceptors (Lipinski definition) is 3. The highest BCUT2D eigenvalue weighted by atomic mass is 15.0. The molecular formula is C15H16N4. The number of aryl methyl sites for hydroxylation is 2. The molecule has 0 aliphatic heterocycles. The van der Waals surface area contributed by atoms with Crippen LogP contribution in [0.15, 0.2) is 48.8 Å². The number of rotatable bonds is 4. The van der Waals surface area contributed by atoms with Crippen LogP contribution in [0.4, 0.5) is 5.95 Å². The molecule has 0 fully saturated rings. The first-order valence-corrected chi connectivity index (χ1v) is 6.44. The minimum absolute atomic E-state index is 0.351. The largest absolute Gasteiger partial charge is 0.368 e. The van der Waals surface area contributed by atoms with Crippen LogP contribution in [0.1, 0.15) is 12.1 Å². The number of hydrogen-bond donors (Lipinski definition) is 1. The van der Waals surface area contributed by atoms with Gasteiger partial charge in [0, 0.05) is 30.1 Å². The van der Waals surface area contributed by atoms with Crippen molar-refractivity contribution in [2.24, 2.45) is 0 Å². The van der Waals surface area contributed by atoms with Crippen LogP contribution in [0.2, 0.25) is 0 Å². The molecule has 0 aliphatic rings. The van der Waals surface area contributed by atoms with Gasteiger partial charge in [0.05, 0.1) is 0 Å². The van der Waals surface area contributed by atoms with E-state index in [1.54, 1.807) is 6.20 Å². The second-order valence-corrected chi connectivity index (χ2v) is 4.58. The van der Waals surface area contributed by atoms with Crippen LogP contribution in [-0.4, -0.2) is 14.5 Å². The zero-order valence-corrected chi connectivity index (χ0v) is 10.7. The molecule has 2 heterocycles. The van der Waals surface area contributed by atoms with Gasteiger partial charge in [0.1, 0.15) is 0 Å². The lowest BCUT2D eigenvalue weighted by Crippen LogP contribution is -2.01. The van der Waals surface area contributed by atoms with Gasteiger partial charge in [-0.2, -0.15) is 0 Å². The SMILES string of the molecule is Nc1nccc(CCCn2ccc3ccccc32)n1. The molecule has 0 saturated carbocycles. The molecule has 1 aromatic carbocycles. The normalized spacial score (nSPS) is 10.9. The Hall–Kier alpha value is -2.36. The maximum absolute atomic E-state index is 5.57. The molecule has 4 nitrogen and oxygen atoms in total. The van der Waals surface area contributed by atoms with Crippen molar-refractivity contribution in [3.63, 3.8) is 0 Å². The van der Waals surface area contributed by atoms with Gasteiger partial charge in [0.25, 0.3) is 0 Å². The fourth-order valence-corrected chi connectivity index (χ4v) is 2.32. The summed E-state index contributed by atoms with van der Waals surface area (Å²) in [6.07, 6.45) is 5.80. The maximum atomic E-state index is 5.57. The summed E-state index contributed by atoms with van der Waals surface area (Å²) >= 11 is 0. The predicted octanol–water partition coefficient (Wildman–Crippen LogP) is 2.65. The van der Waals surface area contributed by atoms with Gasteiger partial charge in [-0.3, -0.25) is 0 Å². The van der Waals surface area contributed by atoms with Crippen LogP contribution in [0, 0.1) is 0 Å². The third-order valence-corrected chi connectivity index (χ3v) is 3.24. The molecule has 0 radical (unpaired) electrons. The molecule has 3 rings (SSSR count). The number of fused-ring (bicyclic) bond motifs is 1. The molecule has 0 spiro atoms. The highest BCUT2D eigenvalue weighted by Gasteiger charge is 2.01. The minimum Gasteiger partial charge on any atom is -0.368 e. The molecule has 0 bridgehead atoms. The Morgan fingerprint density at radius 1 is 1.11 bits per heavy atom. The Balaban J connectivity index is 1.66. The summed E-state index contributed by atoms with van der Waals surface area (Å²) in [4.78, 5) is 8.11. The molecule has 0 atom stereocenters. The predicted molar refractivity (Wildman–Crippen MR) is 76.7 cm³/mol. The third kappa shape index (κ3) is 2.57. The maximum Gasteiger partial charge on any atom is 0.220 e. The number of nitrogen functional groups attached to an aromatic ring is 1. The van der Waals surface area contributed by atoms with Crippen molar-refractivity contribution in [1.29, 1.82) is 0 Å². The van der Waals surface area contributed by atoms with E-state index in [-0.39, 0.29) is 0 Å². The Morgan fingerprint density at radius 3 is 2.89 bits per heavy atom. The number of nitrogens with two attached hydrogens (primary N) is 1. The van der Waals surface area contributed by atoms with E-state index in [2.05, 4.69) is 51.1 Å². The number of anilines is 1. The number of nitrogens with zero attached hydrogens (tertiary/aromatic N) is 3. The summed E-state index contributed by atoms with van der Waals surface area (Å²) in [6.45, 7) is 0.984. The van der Waals surface area contributed by atoms with Crippen LogP contribution in [0.3, 0.4) is 0 Å². The Labute approximate surface area is 111 Å². The number of para-hydroxylation sites is 1. The molecule has 0 saturated heterocycles. The van der Waals surface area contributed by atoms with Crippen molar-refractivity contribution >= 4 is 16.9 Å². The lowest BCUT2D eigenvalue weighted by Gasteiger charge is -2.05. The van der Waals surface area contributed by atoms with Gasteiger partial charge in [-0.1, -0.05) is 18.2 Å². The molecule has 4 heteroatoms. The van der Waals surface area contributed by atoms with Crippen LogP contribution in [0.25, 0.3) is 10.9 Å². The van der Waals surface area contributed by atoms with Gasteiger partial charge in [-0.05, 0) is 36.4 Å². The molecule has 2 aromatic heterocycles. The van der Waals surface area contributed by atoms with E-state index in [1.807, 2.05) is 6.07 Å². The quantitative estimate of drug-likeness (QED) is 0.776. The molecule has 3 aromatic rings. The molecule has 0 aliphatic carbocycles. The van der Waals surface area contributed by atoms with Crippen molar-refractivity contribution in [3.05, 3.63) is 54.5 Å². The van der Waals surface area contributed by atoms with Crippen molar-refractivity contribution in [1.82, 2.24) is 14.5 Å². The van der Waals surface area contributed by atoms with Crippen LogP contribution >= 0.6 is 0 Å². The van der Waals surface area contributed by atoms with Crippen molar-refractivity contribution < 1.29 is 0 Å². The highest BCUT2D eigenvalue weighted by molar-refractivity contribution is 5.79. The molecule has 96 valence electrons.